The fraction of sp³-hybridized carbons (Fsp3) is 0.167. The first-order valence-electron chi connectivity index (χ1n) is 5.48. The summed E-state index contributed by atoms with van der Waals surface area (Å²) in [6, 6.07) is 5.86. The van der Waals surface area contributed by atoms with Gasteiger partial charge >= 0.3 is 0 Å². The number of nitrogens with zero attached hydrogens (tertiary/aromatic N) is 6. The maximum absolute atomic E-state index is 8.54. The fourth-order valence-corrected chi connectivity index (χ4v) is 2.26. The van der Waals surface area contributed by atoms with Gasteiger partial charge in [0.15, 0.2) is 5.95 Å². The highest BCUT2D eigenvalue weighted by atomic mass is 15.3. The minimum absolute atomic E-state index is 0.368. The lowest BCUT2D eigenvalue weighted by atomic mass is 10.1. The molecule has 0 saturated heterocycles. The monoisotopic (exact) mass is 238 g/mol. The molecule has 0 bridgehead atoms. The molecule has 0 aliphatic rings. The molecule has 0 fully saturated rings. The summed E-state index contributed by atoms with van der Waals surface area (Å²) >= 11 is 0. The summed E-state index contributed by atoms with van der Waals surface area (Å²) in [5.41, 5.74) is 12.3. The molecule has 0 aliphatic heterocycles. The van der Waals surface area contributed by atoms with E-state index < -0.39 is 0 Å². The van der Waals surface area contributed by atoms with Crippen molar-refractivity contribution in [2.45, 2.75) is 6.92 Å². The van der Waals surface area contributed by atoms with Gasteiger partial charge in [-0.3, -0.25) is 4.98 Å². The van der Waals surface area contributed by atoms with Crippen LogP contribution in [0, 0.1) is 6.92 Å². The van der Waals surface area contributed by atoms with Crippen molar-refractivity contribution in [3.8, 4) is 0 Å². The zero-order valence-electron chi connectivity index (χ0n) is 9.99. The molecule has 0 aliphatic carbocycles. The molecule has 1 aromatic carbocycles. The molecular weight excluding hydrogens is 228 g/mol. The highest BCUT2D eigenvalue weighted by Crippen LogP contribution is 2.29. The first kappa shape index (κ1) is 10.6. The Bertz CT molecular complexity index is 810. The van der Waals surface area contributed by atoms with Crippen LogP contribution in [0.1, 0.15) is 5.56 Å². The van der Waals surface area contributed by atoms with E-state index in [1.807, 2.05) is 32.2 Å². The van der Waals surface area contributed by atoms with Crippen LogP contribution in [-0.2, 0) is 7.05 Å². The summed E-state index contributed by atoms with van der Waals surface area (Å²) < 4.78 is 1.80. The molecule has 3 rings (SSSR count). The van der Waals surface area contributed by atoms with Gasteiger partial charge in [0.25, 0.3) is 0 Å². The second-order valence-corrected chi connectivity index (χ2v) is 4.12. The quantitative estimate of drug-likeness (QED) is 0.370. The van der Waals surface area contributed by atoms with E-state index in [1.165, 1.54) is 0 Å². The van der Waals surface area contributed by atoms with Crippen LogP contribution >= 0.6 is 0 Å². The zero-order valence-corrected chi connectivity index (χ0v) is 9.99. The average molecular weight is 238 g/mol. The SMILES string of the molecule is Cc1cc2ncccc2c2nc(N=[N+]=[N-])n(C)c12. The Morgan fingerprint density at radius 3 is 3.06 bits per heavy atom. The van der Waals surface area contributed by atoms with Crippen LogP contribution in [0.2, 0.25) is 0 Å². The number of benzene rings is 1. The number of rotatable bonds is 1. The number of fused-ring (bicyclic) bond motifs is 3. The normalized spacial score (nSPS) is 10.8. The van der Waals surface area contributed by atoms with E-state index in [0.29, 0.717) is 5.95 Å². The van der Waals surface area contributed by atoms with Crippen molar-refractivity contribution in [3.63, 3.8) is 0 Å². The predicted octanol–water partition coefficient (Wildman–Crippen LogP) is 3.37. The molecule has 0 saturated carbocycles. The second-order valence-electron chi connectivity index (χ2n) is 4.12. The molecule has 0 radical (unpaired) electrons. The van der Waals surface area contributed by atoms with Crippen LogP contribution in [0.4, 0.5) is 5.95 Å². The lowest BCUT2D eigenvalue weighted by Crippen LogP contribution is -1.90. The van der Waals surface area contributed by atoms with Crippen LogP contribution in [0.3, 0.4) is 0 Å². The van der Waals surface area contributed by atoms with Gasteiger partial charge in [-0.25, -0.2) is 4.98 Å². The molecular formula is C12H10N6. The van der Waals surface area contributed by atoms with E-state index in [1.54, 1.807) is 10.8 Å². The molecule has 88 valence electrons. The summed E-state index contributed by atoms with van der Waals surface area (Å²) in [7, 11) is 1.84. The molecule has 0 spiro atoms. The molecule has 0 unspecified atom stereocenters. The number of azide groups is 1. The number of hydrogen-bond acceptors (Lipinski definition) is 3. The summed E-state index contributed by atoms with van der Waals surface area (Å²) in [5.74, 6) is 0.368. The van der Waals surface area contributed by atoms with Gasteiger partial charge in [-0.15, -0.1) is 0 Å². The smallest absolute Gasteiger partial charge is 0.197 e. The maximum Gasteiger partial charge on any atom is 0.197 e. The molecule has 0 amide bonds. The third kappa shape index (κ3) is 1.33. The second kappa shape index (κ2) is 3.72. The first-order chi connectivity index (χ1) is 8.72. The molecule has 6 heteroatoms. The molecule has 3 aromatic rings. The standard InChI is InChI=1S/C12H10N6/c1-7-6-9-8(4-3-5-14-9)10-11(7)18(2)12(15-10)16-17-13/h3-6H,1-2H3. The Balaban J connectivity index is 2.57. The Kier molecular flexibility index (Phi) is 2.18. The van der Waals surface area contributed by atoms with Gasteiger partial charge < -0.3 is 4.57 Å². The number of hydrogen-bond donors (Lipinski definition) is 0. The van der Waals surface area contributed by atoms with Crippen LogP contribution in [-0.4, -0.2) is 14.5 Å². The lowest BCUT2D eigenvalue weighted by Gasteiger charge is -2.03. The Morgan fingerprint density at radius 1 is 1.44 bits per heavy atom. The minimum atomic E-state index is 0.368. The Labute approximate surface area is 103 Å². The highest BCUT2D eigenvalue weighted by Gasteiger charge is 2.12. The van der Waals surface area contributed by atoms with Gasteiger partial charge in [0, 0.05) is 23.5 Å². The minimum Gasteiger partial charge on any atom is -0.325 e. The van der Waals surface area contributed by atoms with Crippen molar-refractivity contribution >= 4 is 27.9 Å². The van der Waals surface area contributed by atoms with Gasteiger partial charge in [0.2, 0.25) is 0 Å². The van der Waals surface area contributed by atoms with Crippen LogP contribution in [0.25, 0.3) is 32.4 Å². The maximum atomic E-state index is 8.54. The third-order valence-corrected chi connectivity index (χ3v) is 3.03. The molecule has 0 N–H and O–H groups in total. The fourth-order valence-electron chi connectivity index (χ4n) is 2.26. The predicted molar refractivity (Wildman–Crippen MR) is 69.6 cm³/mol. The zero-order chi connectivity index (χ0) is 12.7. The number of aryl methyl sites for hydroxylation is 2. The number of imidazole rings is 1. The largest absolute Gasteiger partial charge is 0.325 e. The van der Waals surface area contributed by atoms with Crippen molar-refractivity contribution in [1.82, 2.24) is 14.5 Å². The van der Waals surface area contributed by atoms with Crippen molar-refractivity contribution < 1.29 is 0 Å². The van der Waals surface area contributed by atoms with Gasteiger partial charge in [0.1, 0.15) is 0 Å². The van der Waals surface area contributed by atoms with Crippen LogP contribution < -0.4 is 0 Å². The molecule has 2 heterocycles. The van der Waals surface area contributed by atoms with Crippen LogP contribution in [0.15, 0.2) is 29.5 Å². The van der Waals surface area contributed by atoms with Crippen molar-refractivity contribution in [2.75, 3.05) is 0 Å². The molecule has 2 aromatic heterocycles. The van der Waals surface area contributed by atoms with Gasteiger partial charge in [-0.1, -0.05) is 0 Å². The molecule has 18 heavy (non-hydrogen) atoms. The van der Waals surface area contributed by atoms with E-state index in [9.17, 15) is 0 Å². The van der Waals surface area contributed by atoms with Crippen LogP contribution in [0.5, 0.6) is 0 Å². The van der Waals surface area contributed by atoms with E-state index >= 15 is 0 Å². The first-order valence-corrected chi connectivity index (χ1v) is 5.48. The van der Waals surface area contributed by atoms with Gasteiger partial charge in [-0.2, -0.15) is 0 Å². The molecule has 0 atom stereocenters. The number of aromatic nitrogens is 3. The van der Waals surface area contributed by atoms with Gasteiger partial charge in [0.05, 0.1) is 16.6 Å². The average Bonchev–Trinajstić information content (AvgIpc) is 2.69. The number of pyridine rings is 1. The topological polar surface area (TPSA) is 79.5 Å². The van der Waals surface area contributed by atoms with Crippen molar-refractivity contribution in [2.24, 2.45) is 12.2 Å². The van der Waals surface area contributed by atoms with E-state index in [0.717, 1.165) is 27.5 Å². The Hall–Kier alpha value is -2.59. The highest BCUT2D eigenvalue weighted by molar-refractivity contribution is 6.04. The Morgan fingerprint density at radius 2 is 2.28 bits per heavy atom. The summed E-state index contributed by atoms with van der Waals surface area (Å²) in [5, 5.41) is 4.57. The molecule has 6 nitrogen and oxygen atoms in total. The van der Waals surface area contributed by atoms with Crippen molar-refractivity contribution in [3.05, 3.63) is 40.4 Å². The summed E-state index contributed by atoms with van der Waals surface area (Å²) in [4.78, 5) is 11.5. The van der Waals surface area contributed by atoms with E-state index in [-0.39, 0.29) is 0 Å². The van der Waals surface area contributed by atoms with E-state index in [2.05, 4.69) is 20.0 Å². The van der Waals surface area contributed by atoms with Crippen molar-refractivity contribution in [1.29, 1.82) is 0 Å². The van der Waals surface area contributed by atoms with E-state index in [4.69, 9.17) is 5.53 Å². The third-order valence-electron chi connectivity index (χ3n) is 3.03. The van der Waals surface area contributed by atoms with Gasteiger partial charge in [-0.05, 0) is 41.3 Å². The lowest BCUT2D eigenvalue weighted by molar-refractivity contribution is 0.936. The summed E-state index contributed by atoms with van der Waals surface area (Å²) in [6.45, 7) is 2.00. The summed E-state index contributed by atoms with van der Waals surface area (Å²) in [6.07, 6.45) is 1.75.